The van der Waals surface area contributed by atoms with Gasteiger partial charge in [-0.05, 0) is 18.6 Å². The zero-order chi connectivity index (χ0) is 11.8. The maximum atomic E-state index is 10.8. The van der Waals surface area contributed by atoms with Crippen molar-refractivity contribution in [2.24, 2.45) is 0 Å². The van der Waals surface area contributed by atoms with E-state index < -0.39 is 5.97 Å². The van der Waals surface area contributed by atoms with Crippen molar-refractivity contribution in [3.63, 3.8) is 0 Å². The summed E-state index contributed by atoms with van der Waals surface area (Å²) in [5.41, 5.74) is -0.0713. The minimum atomic E-state index is -1.09. The van der Waals surface area contributed by atoms with Gasteiger partial charge in [0.1, 0.15) is 6.61 Å². The monoisotopic (exact) mass is 225 g/mol. The zero-order valence-electron chi connectivity index (χ0n) is 9.18. The largest absolute Gasteiger partial charge is 0.489 e. The number of aromatic carboxylic acids is 1. The first-order valence-corrected chi connectivity index (χ1v) is 5.14. The lowest BCUT2D eigenvalue weighted by atomic mass is 10.3. The van der Waals surface area contributed by atoms with Crippen LogP contribution in [0, 0.1) is 0 Å². The SMILES string of the molecule is CCCOCCOc1cccnc1C(=O)O. The first kappa shape index (κ1) is 12.4. The number of ether oxygens (including phenoxy) is 2. The second-order valence-corrected chi connectivity index (χ2v) is 3.12. The van der Waals surface area contributed by atoms with E-state index in [4.69, 9.17) is 14.6 Å². The van der Waals surface area contributed by atoms with Gasteiger partial charge in [-0.25, -0.2) is 9.78 Å². The summed E-state index contributed by atoms with van der Waals surface area (Å²) in [4.78, 5) is 14.5. The van der Waals surface area contributed by atoms with Crippen LogP contribution < -0.4 is 4.74 Å². The molecule has 0 amide bonds. The lowest BCUT2D eigenvalue weighted by Gasteiger charge is -2.08. The third kappa shape index (κ3) is 3.86. The maximum absolute atomic E-state index is 10.8. The Hall–Kier alpha value is -1.62. The van der Waals surface area contributed by atoms with Crippen LogP contribution in [0.15, 0.2) is 18.3 Å². The minimum Gasteiger partial charge on any atom is -0.489 e. The van der Waals surface area contributed by atoms with Crippen LogP contribution in [0.25, 0.3) is 0 Å². The molecule has 1 N–H and O–H groups in total. The molecule has 0 radical (unpaired) electrons. The topological polar surface area (TPSA) is 68.7 Å². The van der Waals surface area contributed by atoms with Crippen LogP contribution >= 0.6 is 0 Å². The molecule has 0 unspecified atom stereocenters. The second kappa shape index (κ2) is 6.79. The fraction of sp³-hybridized carbons (Fsp3) is 0.455. The van der Waals surface area contributed by atoms with E-state index in [0.717, 1.165) is 6.42 Å². The number of hydrogen-bond acceptors (Lipinski definition) is 4. The van der Waals surface area contributed by atoms with Crippen molar-refractivity contribution in [2.75, 3.05) is 19.8 Å². The molecule has 1 aromatic heterocycles. The molecule has 1 heterocycles. The molecule has 16 heavy (non-hydrogen) atoms. The summed E-state index contributed by atoms with van der Waals surface area (Å²) < 4.78 is 10.5. The molecule has 0 saturated heterocycles. The van der Waals surface area contributed by atoms with Gasteiger partial charge in [0, 0.05) is 12.8 Å². The summed E-state index contributed by atoms with van der Waals surface area (Å²) in [6.45, 7) is 3.47. The highest BCUT2D eigenvalue weighted by atomic mass is 16.5. The summed E-state index contributed by atoms with van der Waals surface area (Å²) in [6, 6.07) is 3.21. The molecule has 5 nitrogen and oxygen atoms in total. The van der Waals surface area contributed by atoms with Gasteiger partial charge in [-0.15, -0.1) is 0 Å². The standard InChI is InChI=1S/C11H15NO4/c1-2-6-15-7-8-16-9-4-3-5-12-10(9)11(13)14/h3-5H,2,6-8H2,1H3,(H,13,14). The summed E-state index contributed by atoms with van der Waals surface area (Å²) in [6.07, 6.45) is 2.37. The summed E-state index contributed by atoms with van der Waals surface area (Å²) in [5.74, 6) is -0.819. The lowest BCUT2D eigenvalue weighted by molar-refractivity contribution is 0.0678. The Labute approximate surface area is 94.0 Å². The quantitative estimate of drug-likeness (QED) is 0.713. The van der Waals surface area contributed by atoms with Crippen molar-refractivity contribution in [3.05, 3.63) is 24.0 Å². The van der Waals surface area contributed by atoms with Crippen LogP contribution in [0.3, 0.4) is 0 Å². The summed E-state index contributed by atoms with van der Waals surface area (Å²) in [5, 5.41) is 8.83. The molecule has 0 aliphatic heterocycles. The average Bonchev–Trinajstić information content (AvgIpc) is 2.29. The van der Waals surface area contributed by atoms with Crippen LogP contribution in [0.2, 0.25) is 0 Å². The molecule has 0 bridgehead atoms. The maximum Gasteiger partial charge on any atom is 0.358 e. The van der Waals surface area contributed by atoms with Crippen molar-refractivity contribution in [2.45, 2.75) is 13.3 Å². The molecule has 1 rings (SSSR count). The Bertz CT molecular complexity index is 341. The Morgan fingerprint density at radius 1 is 1.44 bits per heavy atom. The van der Waals surface area contributed by atoms with E-state index in [2.05, 4.69) is 4.98 Å². The smallest absolute Gasteiger partial charge is 0.358 e. The minimum absolute atomic E-state index is 0.0713. The van der Waals surface area contributed by atoms with Gasteiger partial charge in [0.05, 0.1) is 6.61 Å². The molecule has 0 fully saturated rings. The number of hydrogen-bond donors (Lipinski definition) is 1. The van der Waals surface area contributed by atoms with Crippen molar-refractivity contribution in [1.29, 1.82) is 0 Å². The first-order chi connectivity index (χ1) is 7.75. The second-order valence-electron chi connectivity index (χ2n) is 3.12. The summed E-state index contributed by atoms with van der Waals surface area (Å²) in [7, 11) is 0. The van der Waals surface area contributed by atoms with Gasteiger partial charge < -0.3 is 14.6 Å². The van der Waals surface area contributed by atoms with Crippen LogP contribution in [0.4, 0.5) is 0 Å². The van der Waals surface area contributed by atoms with E-state index in [1.165, 1.54) is 6.20 Å². The van der Waals surface area contributed by atoms with E-state index in [1.54, 1.807) is 12.1 Å². The van der Waals surface area contributed by atoms with E-state index >= 15 is 0 Å². The van der Waals surface area contributed by atoms with E-state index in [9.17, 15) is 4.79 Å². The third-order valence-electron chi connectivity index (χ3n) is 1.81. The Morgan fingerprint density at radius 2 is 2.25 bits per heavy atom. The number of pyridine rings is 1. The molecule has 5 heteroatoms. The number of rotatable bonds is 7. The Morgan fingerprint density at radius 3 is 2.94 bits per heavy atom. The number of carbonyl (C=O) groups is 1. The highest BCUT2D eigenvalue weighted by Crippen LogP contribution is 2.14. The van der Waals surface area contributed by atoms with Gasteiger partial charge in [0.25, 0.3) is 0 Å². The number of carboxylic acid groups (broad SMARTS) is 1. The zero-order valence-corrected chi connectivity index (χ0v) is 9.18. The third-order valence-corrected chi connectivity index (χ3v) is 1.81. The summed E-state index contributed by atoms with van der Waals surface area (Å²) >= 11 is 0. The van der Waals surface area contributed by atoms with Crippen LogP contribution in [-0.4, -0.2) is 35.9 Å². The van der Waals surface area contributed by atoms with Gasteiger partial charge >= 0.3 is 5.97 Å². The normalized spacial score (nSPS) is 10.1. The van der Waals surface area contributed by atoms with Crippen molar-refractivity contribution in [1.82, 2.24) is 4.98 Å². The molecular formula is C11H15NO4. The molecule has 0 aliphatic rings. The molecule has 0 aromatic carbocycles. The van der Waals surface area contributed by atoms with E-state index in [0.29, 0.717) is 19.8 Å². The fourth-order valence-electron chi connectivity index (χ4n) is 1.12. The Balaban J connectivity index is 2.44. The Kier molecular flexibility index (Phi) is 5.28. The van der Waals surface area contributed by atoms with Gasteiger partial charge in [-0.1, -0.05) is 6.92 Å². The van der Waals surface area contributed by atoms with E-state index in [-0.39, 0.29) is 11.4 Å². The highest BCUT2D eigenvalue weighted by Gasteiger charge is 2.11. The number of aromatic nitrogens is 1. The van der Waals surface area contributed by atoms with Crippen LogP contribution in [-0.2, 0) is 4.74 Å². The molecule has 0 atom stereocenters. The van der Waals surface area contributed by atoms with Gasteiger partial charge in [-0.3, -0.25) is 0 Å². The van der Waals surface area contributed by atoms with Crippen LogP contribution in [0.1, 0.15) is 23.8 Å². The van der Waals surface area contributed by atoms with E-state index in [1.807, 2.05) is 6.92 Å². The van der Waals surface area contributed by atoms with Crippen molar-refractivity contribution in [3.8, 4) is 5.75 Å². The number of carboxylic acids is 1. The lowest BCUT2D eigenvalue weighted by Crippen LogP contribution is -2.10. The van der Waals surface area contributed by atoms with Gasteiger partial charge in [0.15, 0.2) is 11.4 Å². The van der Waals surface area contributed by atoms with Crippen molar-refractivity contribution >= 4 is 5.97 Å². The molecule has 0 saturated carbocycles. The molecule has 0 spiro atoms. The van der Waals surface area contributed by atoms with Gasteiger partial charge in [0.2, 0.25) is 0 Å². The molecule has 88 valence electrons. The number of nitrogens with zero attached hydrogens (tertiary/aromatic N) is 1. The highest BCUT2D eigenvalue weighted by molar-refractivity contribution is 5.88. The van der Waals surface area contributed by atoms with Crippen molar-refractivity contribution < 1.29 is 19.4 Å². The molecule has 0 aliphatic carbocycles. The van der Waals surface area contributed by atoms with Gasteiger partial charge in [-0.2, -0.15) is 0 Å². The molecular weight excluding hydrogens is 210 g/mol. The predicted octanol–water partition coefficient (Wildman–Crippen LogP) is 1.59. The average molecular weight is 225 g/mol. The first-order valence-electron chi connectivity index (χ1n) is 5.14. The van der Waals surface area contributed by atoms with Crippen LogP contribution in [0.5, 0.6) is 5.75 Å². The predicted molar refractivity (Wildman–Crippen MR) is 57.8 cm³/mol. The fourth-order valence-corrected chi connectivity index (χ4v) is 1.12. The molecule has 1 aromatic rings.